The van der Waals surface area contributed by atoms with Gasteiger partial charge in [-0.25, -0.2) is 0 Å². The molecule has 0 aliphatic carbocycles. The number of halogens is 4. The Morgan fingerprint density at radius 3 is 0.875 bits per heavy atom. The third-order valence-corrected chi connectivity index (χ3v) is 9.21. The van der Waals surface area contributed by atoms with E-state index in [0.29, 0.717) is 2.86 Å². The highest BCUT2D eigenvalue weighted by Crippen LogP contribution is 2.48. The Balaban J connectivity index is 4.02. The van der Waals surface area contributed by atoms with Crippen molar-refractivity contribution in [3.8, 4) is 0 Å². The maximum atomic E-state index is 2.46. The molecule has 0 aliphatic heterocycles. The highest BCUT2D eigenvalue weighted by molar-refractivity contribution is 14.2. The molecule has 0 rings (SSSR count). The van der Waals surface area contributed by atoms with Gasteiger partial charge in [0.1, 0.15) is 0 Å². The highest BCUT2D eigenvalue weighted by Gasteiger charge is 2.35. The Bertz CT molecular complexity index is 63.0. The number of alkyl halides is 4. The Kier molecular flexibility index (Phi) is 4.84. The van der Waals surface area contributed by atoms with Crippen LogP contribution in [0.25, 0.3) is 0 Å². The van der Waals surface area contributed by atoms with Crippen molar-refractivity contribution in [2.24, 2.45) is 0 Å². The van der Waals surface area contributed by atoms with E-state index in [1.807, 2.05) is 0 Å². The molecule has 0 aromatic rings. The molecule has 0 heterocycles. The molecule has 0 amide bonds. The lowest BCUT2D eigenvalue weighted by Crippen LogP contribution is -2.26. The van der Waals surface area contributed by atoms with Crippen LogP contribution in [0.4, 0.5) is 0 Å². The molecule has 50 valence electrons. The van der Waals surface area contributed by atoms with Gasteiger partial charge in [0.2, 0.25) is 0 Å². The second-order valence-electron chi connectivity index (χ2n) is 1.78. The van der Waals surface area contributed by atoms with E-state index >= 15 is 0 Å². The predicted molar refractivity (Wildman–Crippen MR) is 72.9 cm³/mol. The fourth-order valence-corrected chi connectivity index (χ4v) is 0. The molecule has 0 nitrogen and oxygen atoms in total. The van der Waals surface area contributed by atoms with Gasteiger partial charge in [-0.05, 0) is 13.8 Å². The smallest absolute Gasteiger partial charge is 0.0652 e. The highest BCUT2D eigenvalue weighted by atomic mass is 127. The lowest BCUT2D eigenvalue weighted by molar-refractivity contribution is 0.940. The topological polar surface area (TPSA) is 0 Å². The van der Waals surface area contributed by atoms with Crippen LogP contribution in [0.5, 0.6) is 0 Å². The van der Waals surface area contributed by atoms with Crippen LogP contribution >= 0.6 is 90.4 Å². The summed E-state index contributed by atoms with van der Waals surface area (Å²) < 4.78 is 0.702. The third kappa shape index (κ3) is 3.94. The van der Waals surface area contributed by atoms with Crippen molar-refractivity contribution in [1.29, 1.82) is 0 Å². The lowest BCUT2D eigenvalue weighted by atomic mass is 10.4. The number of hydrogen-bond acceptors (Lipinski definition) is 0. The Morgan fingerprint density at radius 2 is 0.875 bits per heavy atom. The van der Waals surface area contributed by atoms with Crippen LogP contribution < -0.4 is 0 Å². The van der Waals surface area contributed by atoms with Gasteiger partial charge >= 0.3 is 0 Å². The van der Waals surface area contributed by atoms with E-state index in [0.717, 1.165) is 0 Å². The SMILES string of the molecule is CC(I)(I)C(C)(I)I. The van der Waals surface area contributed by atoms with Crippen LogP contribution in [-0.2, 0) is 0 Å². The molecule has 0 bridgehead atoms. The van der Waals surface area contributed by atoms with E-state index in [1.165, 1.54) is 0 Å². The summed E-state index contributed by atoms with van der Waals surface area (Å²) in [7, 11) is 0. The van der Waals surface area contributed by atoms with Gasteiger partial charge < -0.3 is 0 Å². The third-order valence-electron chi connectivity index (χ3n) is 0.771. The summed E-state index contributed by atoms with van der Waals surface area (Å²) in [6.07, 6.45) is 0. The minimum Gasteiger partial charge on any atom is -0.0652 e. The molecule has 0 radical (unpaired) electrons. The molecule has 0 spiro atoms. The minimum absolute atomic E-state index is 0.351. The summed E-state index contributed by atoms with van der Waals surface area (Å²) in [6.45, 7) is 4.46. The fraction of sp³-hybridized carbons (Fsp3) is 1.00. The van der Waals surface area contributed by atoms with Crippen molar-refractivity contribution in [3.63, 3.8) is 0 Å². The van der Waals surface area contributed by atoms with Gasteiger partial charge in [0.05, 0.1) is 2.86 Å². The standard InChI is InChI=1S/C4H6I4/c1-3(5,6)4(2,7)8/h1-2H3. The second-order valence-corrected chi connectivity index (χ2v) is 14.5. The molecule has 0 fully saturated rings. The Morgan fingerprint density at radius 1 is 0.750 bits per heavy atom. The molecule has 4 heteroatoms. The summed E-state index contributed by atoms with van der Waals surface area (Å²) in [4.78, 5) is 0. The number of rotatable bonds is 1. The average molecular weight is 562 g/mol. The van der Waals surface area contributed by atoms with E-state index in [-0.39, 0.29) is 0 Å². The van der Waals surface area contributed by atoms with Crippen molar-refractivity contribution < 1.29 is 0 Å². The van der Waals surface area contributed by atoms with Crippen LogP contribution in [0.1, 0.15) is 13.8 Å². The largest absolute Gasteiger partial charge is 0.0938 e. The van der Waals surface area contributed by atoms with Crippen LogP contribution in [0, 0.1) is 0 Å². The molecule has 0 aliphatic rings. The normalized spacial score (nSPS) is 14.2. The average Bonchev–Trinajstić information content (AvgIpc) is 1.25. The first kappa shape index (κ1) is 10.9. The van der Waals surface area contributed by atoms with Gasteiger partial charge in [0.25, 0.3) is 0 Å². The van der Waals surface area contributed by atoms with Gasteiger partial charge in [-0.2, -0.15) is 0 Å². The number of hydrogen-bond donors (Lipinski definition) is 0. The Labute approximate surface area is 105 Å². The van der Waals surface area contributed by atoms with Gasteiger partial charge in [-0.3, -0.25) is 0 Å². The molecule has 0 saturated heterocycles. The summed E-state index contributed by atoms with van der Waals surface area (Å²) in [5, 5.41) is 0. The summed E-state index contributed by atoms with van der Waals surface area (Å²) in [6, 6.07) is 0. The van der Waals surface area contributed by atoms with Crippen molar-refractivity contribution in [2.45, 2.75) is 16.7 Å². The quantitative estimate of drug-likeness (QED) is 0.333. The second kappa shape index (κ2) is 3.55. The van der Waals surface area contributed by atoms with Crippen LogP contribution in [0.3, 0.4) is 0 Å². The van der Waals surface area contributed by atoms with Crippen molar-refractivity contribution in [1.82, 2.24) is 0 Å². The first-order valence-corrected chi connectivity index (χ1v) is 6.32. The van der Waals surface area contributed by atoms with Crippen molar-refractivity contribution in [3.05, 3.63) is 0 Å². The first-order chi connectivity index (χ1) is 3.25. The summed E-state index contributed by atoms with van der Waals surface area (Å²) in [5.74, 6) is 0. The van der Waals surface area contributed by atoms with E-state index in [4.69, 9.17) is 0 Å². The zero-order valence-electron chi connectivity index (χ0n) is 4.51. The van der Waals surface area contributed by atoms with Gasteiger partial charge in [-0.1, -0.05) is 90.4 Å². The van der Waals surface area contributed by atoms with Crippen molar-refractivity contribution in [2.75, 3.05) is 0 Å². The lowest BCUT2D eigenvalue weighted by Gasteiger charge is -2.26. The molecule has 0 saturated carbocycles. The zero-order valence-corrected chi connectivity index (χ0v) is 13.1. The molecule has 0 aromatic heterocycles. The minimum atomic E-state index is 0.351. The zero-order chi connectivity index (χ0) is 7.00. The van der Waals surface area contributed by atoms with E-state index in [1.54, 1.807) is 0 Å². The van der Waals surface area contributed by atoms with Crippen molar-refractivity contribution >= 4 is 90.4 Å². The maximum absolute atomic E-state index is 2.46. The molecule has 0 aromatic carbocycles. The van der Waals surface area contributed by atoms with Crippen LogP contribution in [0.2, 0.25) is 0 Å². The fourth-order valence-electron chi connectivity index (χ4n) is 0. The summed E-state index contributed by atoms with van der Waals surface area (Å²) in [5.41, 5.74) is 0. The molecule has 0 N–H and O–H groups in total. The van der Waals surface area contributed by atoms with Gasteiger partial charge in [-0.15, -0.1) is 0 Å². The van der Waals surface area contributed by atoms with Crippen LogP contribution in [-0.4, -0.2) is 2.86 Å². The first-order valence-electron chi connectivity index (χ1n) is 2.01. The maximum Gasteiger partial charge on any atom is 0.0938 e. The Hall–Kier alpha value is 2.92. The molecule has 8 heavy (non-hydrogen) atoms. The van der Waals surface area contributed by atoms with Gasteiger partial charge in [0, 0.05) is 0 Å². The monoisotopic (exact) mass is 562 g/mol. The predicted octanol–water partition coefficient (Wildman–Crippen LogP) is 4.16. The molecular weight excluding hydrogens is 556 g/mol. The van der Waals surface area contributed by atoms with E-state index in [2.05, 4.69) is 104 Å². The summed E-state index contributed by atoms with van der Waals surface area (Å²) >= 11 is 9.82. The molecular formula is C4H6I4. The molecule has 0 unspecified atom stereocenters. The van der Waals surface area contributed by atoms with E-state index in [9.17, 15) is 0 Å². The van der Waals surface area contributed by atoms with E-state index < -0.39 is 0 Å². The molecule has 0 atom stereocenters. The van der Waals surface area contributed by atoms with Gasteiger partial charge in [0.15, 0.2) is 0 Å². The van der Waals surface area contributed by atoms with Crippen LogP contribution in [0.15, 0.2) is 0 Å².